The molecule has 3 aromatic rings. The van der Waals surface area contributed by atoms with Gasteiger partial charge in [-0.3, -0.25) is 4.98 Å². The van der Waals surface area contributed by atoms with Gasteiger partial charge in [-0.05, 0) is 49.6 Å². The van der Waals surface area contributed by atoms with E-state index in [1.54, 1.807) is 12.4 Å². The molecule has 6 nitrogen and oxygen atoms in total. The molecule has 0 N–H and O–H groups in total. The summed E-state index contributed by atoms with van der Waals surface area (Å²) in [5, 5.41) is 6.47. The van der Waals surface area contributed by atoms with Crippen molar-refractivity contribution in [2.75, 3.05) is 18.6 Å². The Labute approximate surface area is 156 Å². The molecule has 0 unspecified atom stereocenters. The molecule has 0 radical (unpaired) electrons. The summed E-state index contributed by atoms with van der Waals surface area (Å²) in [7, 11) is 1.43. The fraction of sp³-hybridized carbons (Fsp3) is 0.316. The molecule has 134 valence electrons. The number of benzene rings is 1. The van der Waals surface area contributed by atoms with E-state index in [1.807, 2.05) is 35.0 Å². The minimum Gasteiger partial charge on any atom is -0.467 e. The molecule has 7 heteroatoms. The third-order valence-electron chi connectivity index (χ3n) is 4.78. The van der Waals surface area contributed by atoms with Crippen LogP contribution in [0.2, 0.25) is 5.02 Å². The zero-order chi connectivity index (χ0) is 18.1. The normalized spacial score (nSPS) is 17.5. The molecular weight excluding hydrogens is 352 g/mol. The van der Waals surface area contributed by atoms with Gasteiger partial charge in [0.05, 0.1) is 24.5 Å². The molecular formula is C19H19ClN4O2. The van der Waals surface area contributed by atoms with Gasteiger partial charge in [0.1, 0.15) is 6.04 Å². The number of hydrogen-bond donors (Lipinski definition) is 0. The smallest absolute Gasteiger partial charge is 0.328 e. The van der Waals surface area contributed by atoms with Crippen LogP contribution in [0.15, 0.2) is 42.7 Å². The maximum Gasteiger partial charge on any atom is 0.328 e. The van der Waals surface area contributed by atoms with Crippen molar-refractivity contribution in [3.8, 4) is 5.69 Å². The molecule has 0 aliphatic carbocycles. The van der Waals surface area contributed by atoms with Crippen molar-refractivity contribution in [3.63, 3.8) is 0 Å². The second-order valence-electron chi connectivity index (χ2n) is 6.33. The van der Waals surface area contributed by atoms with Gasteiger partial charge in [-0.25, -0.2) is 9.48 Å². The average molecular weight is 371 g/mol. The maximum absolute atomic E-state index is 12.3. The molecule has 1 aromatic carbocycles. The van der Waals surface area contributed by atoms with Crippen molar-refractivity contribution in [3.05, 3.63) is 47.7 Å². The first-order valence-electron chi connectivity index (χ1n) is 8.62. The fourth-order valence-electron chi connectivity index (χ4n) is 3.50. The number of pyridine rings is 1. The van der Waals surface area contributed by atoms with Crippen LogP contribution in [-0.2, 0) is 9.53 Å². The standard InChI is InChI=1S/C19H19ClN4O2/c1-26-19(25)16-4-2-3-11-23(16)18-15-9-10-21-12-17(15)24(22-18)14-7-5-13(20)6-8-14/h5-10,12,16H,2-4,11H2,1H3/t16-/m0/s1. The predicted molar refractivity (Wildman–Crippen MR) is 101 cm³/mol. The van der Waals surface area contributed by atoms with Gasteiger partial charge in [-0.2, -0.15) is 0 Å². The van der Waals surface area contributed by atoms with Crippen molar-refractivity contribution in [1.82, 2.24) is 14.8 Å². The molecule has 0 saturated carbocycles. The van der Waals surface area contributed by atoms with Gasteiger partial charge in [-0.1, -0.05) is 11.6 Å². The third kappa shape index (κ3) is 2.90. The summed E-state index contributed by atoms with van der Waals surface area (Å²) in [5.41, 5.74) is 1.78. The number of hydrogen-bond acceptors (Lipinski definition) is 5. The fourth-order valence-corrected chi connectivity index (χ4v) is 3.63. The molecule has 1 fully saturated rings. The highest BCUT2D eigenvalue weighted by atomic mass is 35.5. The monoisotopic (exact) mass is 370 g/mol. The summed E-state index contributed by atoms with van der Waals surface area (Å²) in [6.45, 7) is 0.773. The van der Waals surface area contributed by atoms with Crippen LogP contribution in [0, 0.1) is 0 Å². The van der Waals surface area contributed by atoms with Crippen LogP contribution in [0.3, 0.4) is 0 Å². The predicted octanol–water partition coefficient (Wildman–Crippen LogP) is 3.61. The number of anilines is 1. The highest BCUT2D eigenvalue weighted by Gasteiger charge is 2.32. The number of aromatic nitrogens is 3. The van der Waals surface area contributed by atoms with Crippen LogP contribution in [0.5, 0.6) is 0 Å². The number of methoxy groups -OCH3 is 1. The van der Waals surface area contributed by atoms with Gasteiger partial charge >= 0.3 is 5.97 Å². The molecule has 1 atom stereocenters. The molecule has 1 aliphatic heterocycles. The van der Waals surface area contributed by atoms with Crippen LogP contribution >= 0.6 is 11.6 Å². The van der Waals surface area contributed by atoms with E-state index in [4.69, 9.17) is 21.4 Å². The highest BCUT2D eigenvalue weighted by Crippen LogP contribution is 2.32. The average Bonchev–Trinajstić information content (AvgIpc) is 3.07. The summed E-state index contributed by atoms with van der Waals surface area (Å²) in [6, 6.07) is 9.13. The Morgan fingerprint density at radius 1 is 1.23 bits per heavy atom. The van der Waals surface area contributed by atoms with Crippen LogP contribution in [-0.4, -0.2) is 40.4 Å². The summed E-state index contributed by atoms with van der Waals surface area (Å²) in [6.07, 6.45) is 6.34. The Bertz CT molecular complexity index is 938. The Morgan fingerprint density at radius 2 is 2.04 bits per heavy atom. The van der Waals surface area contributed by atoms with E-state index in [0.29, 0.717) is 5.02 Å². The zero-order valence-corrected chi connectivity index (χ0v) is 15.2. The SMILES string of the molecule is COC(=O)[C@@H]1CCCCN1c1nn(-c2ccc(Cl)cc2)c2cnccc12. The van der Waals surface area contributed by atoms with Crippen molar-refractivity contribution in [1.29, 1.82) is 0 Å². The first kappa shape index (κ1) is 16.8. The van der Waals surface area contributed by atoms with E-state index in [1.165, 1.54) is 7.11 Å². The molecule has 0 bridgehead atoms. The number of esters is 1. The lowest BCUT2D eigenvalue weighted by Gasteiger charge is -2.34. The molecule has 26 heavy (non-hydrogen) atoms. The highest BCUT2D eigenvalue weighted by molar-refractivity contribution is 6.30. The van der Waals surface area contributed by atoms with Crippen LogP contribution in [0.4, 0.5) is 5.82 Å². The Morgan fingerprint density at radius 3 is 2.81 bits per heavy atom. The maximum atomic E-state index is 12.3. The van der Waals surface area contributed by atoms with Gasteiger partial charge < -0.3 is 9.64 Å². The van der Waals surface area contributed by atoms with Gasteiger partial charge in [0.15, 0.2) is 5.82 Å². The van der Waals surface area contributed by atoms with Crippen LogP contribution in [0.25, 0.3) is 16.6 Å². The first-order valence-corrected chi connectivity index (χ1v) is 9.00. The number of ether oxygens (including phenoxy) is 1. The quantitative estimate of drug-likeness (QED) is 0.659. The molecule has 1 aliphatic rings. The van der Waals surface area contributed by atoms with E-state index in [-0.39, 0.29) is 12.0 Å². The Kier molecular flexibility index (Phi) is 4.51. The summed E-state index contributed by atoms with van der Waals surface area (Å²) in [5.74, 6) is 0.570. The third-order valence-corrected chi connectivity index (χ3v) is 5.04. The molecule has 0 spiro atoms. The van der Waals surface area contributed by atoms with Gasteiger partial charge in [0.2, 0.25) is 0 Å². The van der Waals surface area contributed by atoms with E-state index < -0.39 is 0 Å². The van der Waals surface area contributed by atoms with E-state index in [2.05, 4.69) is 9.88 Å². The van der Waals surface area contributed by atoms with Crippen molar-refractivity contribution in [2.24, 2.45) is 0 Å². The van der Waals surface area contributed by atoms with Crippen LogP contribution < -0.4 is 4.90 Å². The van der Waals surface area contributed by atoms with Crippen LogP contribution in [0.1, 0.15) is 19.3 Å². The summed E-state index contributed by atoms with van der Waals surface area (Å²) < 4.78 is 6.86. The summed E-state index contributed by atoms with van der Waals surface area (Å²) >= 11 is 6.01. The van der Waals surface area contributed by atoms with E-state index >= 15 is 0 Å². The zero-order valence-electron chi connectivity index (χ0n) is 14.4. The number of carbonyl (C=O) groups is 1. The van der Waals surface area contributed by atoms with Crippen molar-refractivity contribution in [2.45, 2.75) is 25.3 Å². The number of nitrogens with zero attached hydrogens (tertiary/aromatic N) is 4. The molecule has 2 aromatic heterocycles. The second-order valence-corrected chi connectivity index (χ2v) is 6.77. The number of rotatable bonds is 3. The van der Waals surface area contributed by atoms with E-state index in [0.717, 1.165) is 48.2 Å². The first-order chi connectivity index (χ1) is 12.7. The number of halogens is 1. The topological polar surface area (TPSA) is 60.2 Å². The Hall–Kier alpha value is -2.60. The largest absolute Gasteiger partial charge is 0.467 e. The molecule has 4 rings (SSSR count). The van der Waals surface area contributed by atoms with Gasteiger partial charge in [0, 0.05) is 23.2 Å². The minimum absolute atomic E-state index is 0.215. The second kappa shape index (κ2) is 6.96. The minimum atomic E-state index is -0.307. The van der Waals surface area contributed by atoms with Gasteiger partial charge in [-0.15, -0.1) is 5.10 Å². The molecule has 3 heterocycles. The molecule has 1 saturated heterocycles. The lowest BCUT2D eigenvalue weighted by Crippen LogP contribution is -2.45. The van der Waals surface area contributed by atoms with Crippen molar-refractivity contribution < 1.29 is 9.53 Å². The molecule has 0 amide bonds. The Balaban J connectivity index is 1.85. The lowest BCUT2D eigenvalue weighted by atomic mass is 10.0. The number of fused-ring (bicyclic) bond motifs is 1. The van der Waals surface area contributed by atoms with Crippen molar-refractivity contribution >= 4 is 34.3 Å². The number of piperidine rings is 1. The van der Waals surface area contributed by atoms with E-state index in [9.17, 15) is 4.79 Å². The lowest BCUT2D eigenvalue weighted by molar-refractivity contribution is -0.142. The summed E-state index contributed by atoms with van der Waals surface area (Å²) in [4.78, 5) is 18.6. The van der Waals surface area contributed by atoms with Gasteiger partial charge in [0.25, 0.3) is 0 Å². The number of carbonyl (C=O) groups excluding carboxylic acids is 1.